The number of nitrogens with one attached hydrogen (secondary N) is 1. The maximum Gasteiger partial charge on any atom is 0.246 e. The van der Waals surface area contributed by atoms with Crippen LogP contribution in [0.3, 0.4) is 0 Å². The second kappa shape index (κ2) is 6.00. The molecular weight excluding hydrogens is 300 g/mol. The largest absolute Gasteiger partial charge is 0.312 e. The Labute approximate surface area is 134 Å². The van der Waals surface area contributed by atoms with E-state index in [0.29, 0.717) is 12.0 Å². The highest BCUT2D eigenvalue weighted by Crippen LogP contribution is 2.33. The molecule has 4 nitrogen and oxygen atoms in total. The first-order valence-electron chi connectivity index (χ1n) is 7.92. The van der Waals surface area contributed by atoms with Crippen LogP contribution in [0.4, 0.5) is 8.78 Å². The summed E-state index contributed by atoms with van der Waals surface area (Å²) >= 11 is 0. The van der Waals surface area contributed by atoms with Crippen LogP contribution in [0.5, 0.6) is 0 Å². The number of nitrogens with zero attached hydrogens (tertiary/aromatic N) is 2. The first-order chi connectivity index (χ1) is 10.9. The van der Waals surface area contributed by atoms with E-state index in [0.717, 1.165) is 25.5 Å². The van der Waals surface area contributed by atoms with Crippen molar-refractivity contribution in [3.63, 3.8) is 0 Å². The molecule has 2 aliphatic heterocycles. The molecule has 2 atom stereocenters. The molecule has 0 bridgehead atoms. The van der Waals surface area contributed by atoms with E-state index in [2.05, 4.69) is 24.3 Å². The van der Waals surface area contributed by atoms with Gasteiger partial charge >= 0.3 is 0 Å². The van der Waals surface area contributed by atoms with Crippen LogP contribution in [0, 0.1) is 17.6 Å². The van der Waals surface area contributed by atoms with Crippen LogP contribution in [-0.4, -0.2) is 29.2 Å². The van der Waals surface area contributed by atoms with Crippen LogP contribution in [0.2, 0.25) is 0 Å². The number of rotatable bonds is 2. The highest BCUT2D eigenvalue weighted by atomic mass is 19.1. The van der Waals surface area contributed by atoms with Gasteiger partial charge in [-0.2, -0.15) is 5.10 Å². The number of amides is 1. The average Bonchev–Trinajstić information content (AvgIpc) is 2.93. The van der Waals surface area contributed by atoms with E-state index in [1.165, 1.54) is 17.1 Å². The molecule has 23 heavy (non-hydrogen) atoms. The molecule has 1 aromatic rings. The molecule has 1 fully saturated rings. The number of carbonyl (C=O) groups is 1. The number of hydrazone groups is 1. The quantitative estimate of drug-likeness (QED) is 0.910. The van der Waals surface area contributed by atoms with Crippen LogP contribution in [-0.2, 0) is 4.79 Å². The number of benzene rings is 1. The van der Waals surface area contributed by atoms with Gasteiger partial charge in [-0.15, -0.1) is 0 Å². The summed E-state index contributed by atoms with van der Waals surface area (Å²) in [5.74, 6) is -1.46. The van der Waals surface area contributed by atoms with Crippen molar-refractivity contribution in [2.24, 2.45) is 11.0 Å². The highest BCUT2D eigenvalue weighted by molar-refractivity contribution is 5.82. The van der Waals surface area contributed by atoms with Crippen molar-refractivity contribution in [1.82, 2.24) is 10.3 Å². The fourth-order valence-corrected chi connectivity index (χ4v) is 3.44. The van der Waals surface area contributed by atoms with E-state index in [4.69, 9.17) is 0 Å². The smallest absolute Gasteiger partial charge is 0.246 e. The summed E-state index contributed by atoms with van der Waals surface area (Å²) in [7, 11) is 0. The lowest BCUT2D eigenvalue weighted by Crippen LogP contribution is -2.49. The minimum atomic E-state index is -0.637. The lowest BCUT2D eigenvalue weighted by molar-refractivity contribution is -0.139. The third-order valence-electron chi connectivity index (χ3n) is 4.53. The molecule has 0 saturated carbocycles. The van der Waals surface area contributed by atoms with Gasteiger partial charge in [-0.25, -0.2) is 13.8 Å². The molecule has 0 aliphatic carbocycles. The van der Waals surface area contributed by atoms with Crippen molar-refractivity contribution in [3.05, 3.63) is 35.4 Å². The monoisotopic (exact) mass is 321 g/mol. The van der Waals surface area contributed by atoms with E-state index in [-0.39, 0.29) is 17.4 Å². The Kier molecular flexibility index (Phi) is 4.19. The van der Waals surface area contributed by atoms with Gasteiger partial charge in [-0.05, 0) is 50.9 Å². The first kappa shape index (κ1) is 16.1. The second-order valence-electron chi connectivity index (χ2n) is 6.94. The van der Waals surface area contributed by atoms with Crippen molar-refractivity contribution < 1.29 is 13.6 Å². The molecule has 0 unspecified atom stereocenters. The predicted molar refractivity (Wildman–Crippen MR) is 83.9 cm³/mol. The van der Waals surface area contributed by atoms with Crippen molar-refractivity contribution in [2.75, 3.05) is 6.54 Å². The van der Waals surface area contributed by atoms with Crippen molar-refractivity contribution in [1.29, 1.82) is 0 Å². The summed E-state index contributed by atoms with van der Waals surface area (Å²) in [6, 6.07) is 2.95. The zero-order valence-corrected chi connectivity index (χ0v) is 13.4. The van der Waals surface area contributed by atoms with Gasteiger partial charge in [0.2, 0.25) is 5.91 Å². The maximum absolute atomic E-state index is 13.5. The summed E-state index contributed by atoms with van der Waals surface area (Å²) in [6.07, 6.45) is 3.58. The Morgan fingerprint density at radius 1 is 1.30 bits per heavy atom. The lowest BCUT2D eigenvalue weighted by Gasteiger charge is -2.37. The molecule has 1 saturated heterocycles. The number of carbonyl (C=O) groups excluding carboxylic acids is 1. The van der Waals surface area contributed by atoms with Crippen LogP contribution in [0.1, 0.15) is 44.7 Å². The fraction of sp³-hybridized carbons (Fsp3) is 0.529. The molecule has 1 aromatic carbocycles. The van der Waals surface area contributed by atoms with E-state index >= 15 is 0 Å². The van der Waals surface area contributed by atoms with Crippen LogP contribution in [0.25, 0.3) is 0 Å². The third kappa shape index (κ3) is 3.42. The van der Waals surface area contributed by atoms with Gasteiger partial charge in [-0.3, -0.25) is 4.79 Å². The normalized spacial score (nSPS) is 26.5. The molecule has 0 radical (unpaired) electrons. The van der Waals surface area contributed by atoms with Gasteiger partial charge in [0.05, 0.1) is 6.04 Å². The van der Waals surface area contributed by atoms with Gasteiger partial charge < -0.3 is 5.32 Å². The summed E-state index contributed by atoms with van der Waals surface area (Å²) in [5, 5.41) is 8.96. The van der Waals surface area contributed by atoms with Gasteiger partial charge in [0, 0.05) is 30.2 Å². The summed E-state index contributed by atoms with van der Waals surface area (Å²) < 4.78 is 26.9. The van der Waals surface area contributed by atoms with Crippen LogP contribution < -0.4 is 5.32 Å². The number of halogens is 2. The Hall–Kier alpha value is -1.82. The lowest BCUT2D eigenvalue weighted by atomic mass is 9.83. The fourth-order valence-electron chi connectivity index (χ4n) is 3.44. The number of piperidine rings is 1. The minimum absolute atomic E-state index is 0.0667. The number of hydrogen-bond donors (Lipinski definition) is 1. The average molecular weight is 321 g/mol. The predicted octanol–water partition coefficient (Wildman–Crippen LogP) is 3.00. The molecule has 1 amide bonds. The Morgan fingerprint density at radius 2 is 2.00 bits per heavy atom. The molecule has 3 rings (SSSR count). The molecule has 6 heteroatoms. The molecule has 0 spiro atoms. The van der Waals surface area contributed by atoms with Crippen molar-refractivity contribution >= 4 is 12.1 Å². The van der Waals surface area contributed by atoms with Crippen molar-refractivity contribution in [2.45, 2.75) is 44.7 Å². The SMILES string of the molecule is CC1(C)C[C@@H](C(=O)N2N=CC[C@@H]2c2cc(F)cc(F)c2)CCN1. The highest BCUT2D eigenvalue weighted by Gasteiger charge is 2.37. The Bertz CT molecular complexity index is 624. The van der Waals surface area contributed by atoms with Crippen LogP contribution in [0.15, 0.2) is 23.3 Å². The van der Waals surface area contributed by atoms with Gasteiger partial charge in [0.25, 0.3) is 0 Å². The van der Waals surface area contributed by atoms with E-state index in [9.17, 15) is 13.6 Å². The molecule has 2 aliphatic rings. The van der Waals surface area contributed by atoms with Gasteiger partial charge in [-0.1, -0.05) is 0 Å². The van der Waals surface area contributed by atoms with E-state index < -0.39 is 17.7 Å². The Balaban J connectivity index is 1.80. The summed E-state index contributed by atoms with van der Waals surface area (Å²) in [4.78, 5) is 12.8. The van der Waals surface area contributed by atoms with Gasteiger partial charge in [0.15, 0.2) is 0 Å². The summed E-state index contributed by atoms with van der Waals surface area (Å²) in [6.45, 7) is 4.92. The zero-order valence-electron chi connectivity index (χ0n) is 13.4. The molecule has 124 valence electrons. The maximum atomic E-state index is 13.5. The molecule has 2 heterocycles. The molecule has 0 aromatic heterocycles. The first-order valence-corrected chi connectivity index (χ1v) is 7.92. The van der Waals surface area contributed by atoms with Crippen LogP contribution >= 0.6 is 0 Å². The van der Waals surface area contributed by atoms with E-state index in [1.807, 2.05) is 0 Å². The third-order valence-corrected chi connectivity index (χ3v) is 4.53. The number of hydrogen-bond acceptors (Lipinski definition) is 3. The molecule has 1 N–H and O–H groups in total. The van der Waals surface area contributed by atoms with E-state index in [1.54, 1.807) is 6.21 Å². The second-order valence-corrected chi connectivity index (χ2v) is 6.94. The standard InChI is InChI=1S/C17H21F2N3O/c1-17(2)10-11(3-5-20-17)16(23)22-15(4-6-21-22)12-7-13(18)9-14(19)8-12/h6-9,11,15,20H,3-5,10H2,1-2H3/t11-,15+/m0/s1. The topological polar surface area (TPSA) is 44.7 Å². The minimum Gasteiger partial charge on any atom is -0.312 e. The summed E-state index contributed by atoms with van der Waals surface area (Å²) in [5.41, 5.74) is 0.351. The van der Waals surface area contributed by atoms with Gasteiger partial charge in [0.1, 0.15) is 11.6 Å². The Morgan fingerprint density at radius 3 is 2.65 bits per heavy atom. The molecular formula is C17H21F2N3O. The zero-order chi connectivity index (χ0) is 16.6. The van der Waals surface area contributed by atoms with Crippen molar-refractivity contribution in [3.8, 4) is 0 Å².